The van der Waals surface area contributed by atoms with Gasteiger partial charge in [0.15, 0.2) is 11.6 Å². The van der Waals surface area contributed by atoms with E-state index < -0.39 is 33.5 Å². The first-order valence-electron chi connectivity index (χ1n) is 5.69. The topological polar surface area (TPSA) is 88.2 Å². The van der Waals surface area contributed by atoms with Gasteiger partial charge < -0.3 is 10.1 Å². The fourth-order valence-electron chi connectivity index (χ4n) is 1.37. The summed E-state index contributed by atoms with van der Waals surface area (Å²) in [6, 6.07) is 3.10. The van der Waals surface area contributed by atoms with Gasteiger partial charge in [-0.25, -0.2) is 4.39 Å². The number of nitrogens with zero attached hydrogens (tertiary/aromatic N) is 2. The zero-order valence-electron chi connectivity index (χ0n) is 10.9. The van der Waals surface area contributed by atoms with Crippen LogP contribution in [0.15, 0.2) is 12.1 Å². The molecule has 0 aromatic heterocycles. The molecule has 0 amide bonds. The number of nitrogens with one attached hydrogen (secondary N) is 1. The molecule has 1 aromatic carbocycles. The summed E-state index contributed by atoms with van der Waals surface area (Å²) in [7, 11) is 1.59. The number of rotatable bonds is 6. The molecule has 8 heteroatoms. The fourth-order valence-corrected chi connectivity index (χ4v) is 1.37. The van der Waals surface area contributed by atoms with E-state index in [1.807, 2.05) is 6.07 Å². The van der Waals surface area contributed by atoms with Gasteiger partial charge in [-0.1, -0.05) is 0 Å². The molecule has 0 aliphatic rings. The van der Waals surface area contributed by atoms with Crippen LogP contribution in [0.25, 0.3) is 0 Å². The molecule has 0 heterocycles. The highest BCUT2D eigenvalue weighted by molar-refractivity contribution is 5.39. The molecule has 20 heavy (non-hydrogen) atoms. The van der Waals surface area contributed by atoms with Crippen molar-refractivity contribution in [2.75, 3.05) is 13.7 Å². The average molecular weight is 285 g/mol. The molecule has 0 fully saturated rings. The van der Waals surface area contributed by atoms with Crippen LogP contribution in [0.3, 0.4) is 0 Å². The van der Waals surface area contributed by atoms with Crippen LogP contribution in [-0.4, -0.2) is 24.1 Å². The minimum Gasteiger partial charge on any atom is -0.490 e. The van der Waals surface area contributed by atoms with Crippen LogP contribution >= 0.6 is 0 Å². The molecule has 6 nitrogen and oxygen atoms in total. The molecule has 0 radical (unpaired) electrons. The van der Waals surface area contributed by atoms with Gasteiger partial charge in [0, 0.05) is 12.5 Å². The van der Waals surface area contributed by atoms with E-state index in [1.165, 1.54) is 0 Å². The molecule has 0 aliphatic carbocycles. The lowest BCUT2D eigenvalue weighted by Gasteiger charge is -2.20. The molecule has 1 unspecified atom stereocenters. The first kappa shape index (κ1) is 15.8. The van der Waals surface area contributed by atoms with Crippen molar-refractivity contribution in [1.29, 1.82) is 5.26 Å². The number of hydrogen-bond acceptors (Lipinski definition) is 5. The maximum absolute atomic E-state index is 13.5. The van der Waals surface area contributed by atoms with E-state index in [4.69, 9.17) is 10.00 Å². The Morgan fingerprint density at radius 1 is 1.50 bits per heavy atom. The number of hydrogen-bond donors (Lipinski definition) is 1. The van der Waals surface area contributed by atoms with E-state index in [-0.39, 0.29) is 13.0 Å². The third kappa shape index (κ3) is 3.61. The second-order valence-electron chi connectivity index (χ2n) is 4.28. The Bertz CT molecular complexity index is 560. The van der Waals surface area contributed by atoms with Crippen LogP contribution in [0, 0.1) is 33.1 Å². The minimum absolute atomic E-state index is 0.0426. The van der Waals surface area contributed by atoms with Crippen LogP contribution in [0.5, 0.6) is 5.75 Å². The predicted molar refractivity (Wildman–Crippen MR) is 66.2 cm³/mol. The molecule has 1 atom stereocenters. The molecule has 0 spiro atoms. The third-order valence-corrected chi connectivity index (χ3v) is 2.86. The van der Waals surface area contributed by atoms with Crippen molar-refractivity contribution < 1.29 is 18.4 Å². The van der Waals surface area contributed by atoms with Gasteiger partial charge in [0.1, 0.15) is 5.54 Å². The van der Waals surface area contributed by atoms with Crippen molar-refractivity contribution in [1.82, 2.24) is 5.32 Å². The van der Waals surface area contributed by atoms with Crippen molar-refractivity contribution in [3.05, 3.63) is 33.9 Å². The standard InChI is InChI=1S/C12H13F2N3O3/c1-12(7-15,16-2)3-4-20-11-6-8(13)10(17(18)19)5-9(11)14/h5-6,16H,3-4H2,1-2H3. The number of ether oxygens (including phenoxy) is 1. The minimum atomic E-state index is -1.18. The van der Waals surface area contributed by atoms with Crippen molar-refractivity contribution in [3.8, 4) is 11.8 Å². The van der Waals surface area contributed by atoms with E-state index in [2.05, 4.69) is 5.32 Å². The van der Waals surface area contributed by atoms with Crippen molar-refractivity contribution in [2.24, 2.45) is 0 Å². The maximum Gasteiger partial charge on any atom is 0.307 e. The van der Waals surface area contributed by atoms with E-state index in [9.17, 15) is 18.9 Å². The average Bonchev–Trinajstić information content (AvgIpc) is 2.41. The molecule has 0 saturated heterocycles. The van der Waals surface area contributed by atoms with E-state index in [0.717, 1.165) is 0 Å². The number of nitriles is 1. The lowest BCUT2D eigenvalue weighted by Crippen LogP contribution is -2.39. The second kappa shape index (κ2) is 6.25. The van der Waals surface area contributed by atoms with E-state index in [0.29, 0.717) is 12.1 Å². The summed E-state index contributed by atoms with van der Waals surface area (Å²) in [5.74, 6) is -2.63. The van der Waals surface area contributed by atoms with Crippen LogP contribution in [-0.2, 0) is 0 Å². The van der Waals surface area contributed by atoms with Gasteiger partial charge >= 0.3 is 5.69 Å². The van der Waals surface area contributed by atoms with Gasteiger partial charge in [0.05, 0.1) is 23.7 Å². The maximum atomic E-state index is 13.5. The Morgan fingerprint density at radius 3 is 2.65 bits per heavy atom. The summed E-state index contributed by atoms with van der Waals surface area (Å²) >= 11 is 0. The number of nitro benzene ring substituents is 1. The lowest BCUT2D eigenvalue weighted by molar-refractivity contribution is -0.387. The van der Waals surface area contributed by atoms with Crippen LogP contribution in [0.4, 0.5) is 14.5 Å². The first-order valence-corrected chi connectivity index (χ1v) is 5.69. The summed E-state index contributed by atoms with van der Waals surface area (Å²) in [6.07, 6.45) is 0.234. The highest BCUT2D eigenvalue weighted by atomic mass is 19.1. The summed E-state index contributed by atoms with van der Waals surface area (Å²) < 4.78 is 31.8. The van der Waals surface area contributed by atoms with Gasteiger partial charge in [-0.2, -0.15) is 9.65 Å². The molecule has 1 N–H and O–H groups in total. The van der Waals surface area contributed by atoms with Crippen molar-refractivity contribution in [3.63, 3.8) is 0 Å². The normalized spacial score (nSPS) is 13.3. The summed E-state index contributed by atoms with van der Waals surface area (Å²) in [4.78, 5) is 9.40. The highest BCUT2D eigenvalue weighted by Crippen LogP contribution is 2.26. The zero-order valence-corrected chi connectivity index (χ0v) is 10.9. The Hall–Kier alpha value is -2.27. The number of nitro groups is 1. The number of halogens is 2. The van der Waals surface area contributed by atoms with Crippen LogP contribution in [0.2, 0.25) is 0 Å². The second-order valence-corrected chi connectivity index (χ2v) is 4.28. The van der Waals surface area contributed by atoms with Crippen LogP contribution in [0.1, 0.15) is 13.3 Å². The highest BCUT2D eigenvalue weighted by Gasteiger charge is 2.22. The molecule has 108 valence electrons. The SMILES string of the molecule is CNC(C)(C#N)CCOc1cc(F)c([N+](=O)[O-])cc1F. The Balaban J connectivity index is 2.78. The number of benzene rings is 1. The summed E-state index contributed by atoms with van der Waals surface area (Å²) in [6.45, 7) is 1.59. The smallest absolute Gasteiger partial charge is 0.307 e. The zero-order chi connectivity index (χ0) is 15.3. The summed E-state index contributed by atoms with van der Waals surface area (Å²) in [5.41, 5.74) is -1.80. The molecule has 0 bridgehead atoms. The molecule has 1 aromatic rings. The Labute approximate surface area is 114 Å². The van der Waals surface area contributed by atoms with E-state index in [1.54, 1.807) is 14.0 Å². The molecular weight excluding hydrogens is 272 g/mol. The predicted octanol–water partition coefficient (Wildman–Crippen LogP) is 2.14. The Morgan fingerprint density at radius 2 is 2.15 bits per heavy atom. The van der Waals surface area contributed by atoms with Gasteiger partial charge in [0.2, 0.25) is 5.82 Å². The Kier molecular flexibility index (Phi) is 4.94. The third-order valence-electron chi connectivity index (χ3n) is 2.86. The quantitative estimate of drug-likeness (QED) is 0.639. The van der Waals surface area contributed by atoms with Gasteiger partial charge in [-0.05, 0) is 14.0 Å². The largest absolute Gasteiger partial charge is 0.490 e. The summed E-state index contributed by atoms with van der Waals surface area (Å²) in [5, 5.41) is 22.1. The first-order chi connectivity index (χ1) is 9.33. The monoisotopic (exact) mass is 285 g/mol. The molecule has 0 aliphatic heterocycles. The van der Waals surface area contributed by atoms with Gasteiger partial charge in [-0.15, -0.1) is 0 Å². The molecule has 0 saturated carbocycles. The molecule has 1 rings (SSSR count). The van der Waals surface area contributed by atoms with E-state index >= 15 is 0 Å². The van der Waals surface area contributed by atoms with Gasteiger partial charge in [0.25, 0.3) is 0 Å². The molecular formula is C12H13F2N3O3. The van der Waals surface area contributed by atoms with Crippen LogP contribution < -0.4 is 10.1 Å². The van der Waals surface area contributed by atoms with Gasteiger partial charge in [-0.3, -0.25) is 10.1 Å². The van der Waals surface area contributed by atoms with Crippen molar-refractivity contribution in [2.45, 2.75) is 18.9 Å². The lowest BCUT2D eigenvalue weighted by atomic mass is 10.0. The van der Waals surface area contributed by atoms with Crippen molar-refractivity contribution >= 4 is 5.69 Å². The fraction of sp³-hybridized carbons (Fsp3) is 0.417.